The standard InChI is InChI=1S/C10H10N4O2/c11-10(16)13-7-3-1-4-8(12-7)14-6-2-5-9(14)15/h1-4,6H,5H2,(H3,11,12,13,16). The summed E-state index contributed by atoms with van der Waals surface area (Å²) in [7, 11) is 0. The monoisotopic (exact) mass is 218 g/mol. The fourth-order valence-electron chi connectivity index (χ4n) is 1.40. The Bertz CT molecular complexity index is 470. The lowest BCUT2D eigenvalue weighted by Gasteiger charge is -2.13. The van der Waals surface area contributed by atoms with E-state index in [4.69, 9.17) is 5.73 Å². The summed E-state index contributed by atoms with van der Waals surface area (Å²) in [6.45, 7) is 0. The number of amides is 3. The first-order valence-electron chi connectivity index (χ1n) is 4.69. The highest BCUT2D eigenvalue weighted by atomic mass is 16.2. The minimum absolute atomic E-state index is 0.0521. The minimum atomic E-state index is -0.687. The van der Waals surface area contributed by atoms with E-state index in [1.807, 2.05) is 0 Å². The van der Waals surface area contributed by atoms with Crippen molar-refractivity contribution in [2.45, 2.75) is 6.42 Å². The summed E-state index contributed by atoms with van der Waals surface area (Å²) < 4.78 is 0. The smallest absolute Gasteiger partial charge is 0.317 e. The maximum Gasteiger partial charge on any atom is 0.317 e. The highest BCUT2D eigenvalue weighted by Gasteiger charge is 2.17. The third kappa shape index (κ3) is 2.00. The second-order valence-corrected chi connectivity index (χ2v) is 3.22. The highest BCUT2D eigenvalue weighted by Crippen LogP contribution is 2.19. The number of anilines is 2. The minimum Gasteiger partial charge on any atom is -0.351 e. The van der Waals surface area contributed by atoms with Gasteiger partial charge in [-0.2, -0.15) is 0 Å². The Kier molecular flexibility index (Phi) is 2.55. The molecule has 0 atom stereocenters. The van der Waals surface area contributed by atoms with Crippen LogP contribution in [0.15, 0.2) is 30.5 Å². The van der Waals surface area contributed by atoms with E-state index in [9.17, 15) is 9.59 Å². The Morgan fingerprint density at radius 1 is 1.50 bits per heavy atom. The molecular weight excluding hydrogens is 208 g/mol. The molecule has 1 aromatic rings. The molecule has 0 spiro atoms. The van der Waals surface area contributed by atoms with Crippen molar-refractivity contribution in [2.75, 3.05) is 10.2 Å². The van der Waals surface area contributed by atoms with Crippen LogP contribution in [0, 0.1) is 0 Å². The molecule has 0 aromatic carbocycles. The Labute approximate surface area is 91.8 Å². The molecule has 82 valence electrons. The molecule has 16 heavy (non-hydrogen) atoms. The molecule has 0 saturated carbocycles. The number of hydrogen-bond donors (Lipinski definition) is 2. The van der Waals surface area contributed by atoms with Crippen LogP contribution in [0.5, 0.6) is 0 Å². The van der Waals surface area contributed by atoms with E-state index < -0.39 is 6.03 Å². The lowest BCUT2D eigenvalue weighted by atomic mass is 10.4. The number of hydrogen-bond acceptors (Lipinski definition) is 3. The zero-order valence-corrected chi connectivity index (χ0v) is 8.38. The number of carbonyl (C=O) groups is 2. The van der Waals surface area contributed by atoms with Gasteiger partial charge in [0.15, 0.2) is 0 Å². The topological polar surface area (TPSA) is 88.3 Å². The summed E-state index contributed by atoms with van der Waals surface area (Å²) in [6.07, 6.45) is 3.77. The fraction of sp³-hybridized carbons (Fsp3) is 0.100. The number of pyridine rings is 1. The van der Waals surface area contributed by atoms with E-state index in [0.29, 0.717) is 18.1 Å². The van der Waals surface area contributed by atoms with Crippen molar-refractivity contribution in [2.24, 2.45) is 5.73 Å². The molecule has 3 amide bonds. The first-order chi connectivity index (χ1) is 7.66. The van der Waals surface area contributed by atoms with Crippen LogP contribution in [0.3, 0.4) is 0 Å². The fourth-order valence-corrected chi connectivity index (χ4v) is 1.40. The van der Waals surface area contributed by atoms with E-state index in [1.165, 1.54) is 4.90 Å². The number of primary amides is 1. The molecule has 0 saturated heterocycles. The van der Waals surface area contributed by atoms with Crippen LogP contribution in [-0.2, 0) is 4.79 Å². The van der Waals surface area contributed by atoms with Gasteiger partial charge in [-0.05, 0) is 12.1 Å². The normalized spacial score (nSPS) is 14.2. The molecule has 1 aliphatic heterocycles. The second-order valence-electron chi connectivity index (χ2n) is 3.22. The molecule has 0 fully saturated rings. The predicted octanol–water partition coefficient (Wildman–Crippen LogP) is 0.823. The van der Waals surface area contributed by atoms with Crippen LogP contribution in [-0.4, -0.2) is 16.9 Å². The van der Waals surface area contributed by atoms with Crippen LogP contribution < -0.4 is 16.0 Å². The van der Waals surface area contributed by atoms with Gasteiger partial charge in [0.1, 0.15) is 11.6 Å². The molecule has 2 heterocycles. The van der Waals surface area contributed by atoms with Crippen molar-refractivity contribution in [1.82, 2.24) is 4.98 Å². The molecule has 1 aliphatic rings. The molecule has 0 bridgehead atoms. The summed E-state index contributed by atoms with van der Waals surface area (Å²) >= 11 is 0. The third-order valence-electron chi connectivity index (χ3n) is 2.05. The van der Waals surface area contributed by atoms with Gasteiger partial charge in [0.25, 0.3) is 0 Å². The molecule has 6 heteroatoms. The van der Waals surface area contributed by atoms with Crippen molar-refractivity contribution >= 4 is 23.6 Å². The lowest BCUT2D eigenvalue weighted by Crippen LogP contribution is -2.23. The molecular formula is C10H10N4O2. The summed E-state index contributed by atoms with van der Waals surface area (Å²) in [5.41, 5.74) is 4.97. The maximum atomic E-state index is 11.4. The van der Waals surface area contributed by atoms with Gasteiger partial charge in [-0.15, -0.1) is 0 Å². The van der Waals surface area contributed by atoms with Gasteiger partial charge in [0, 0.05) is 12.6 Å². The highest BCUT2D eigenvalue weighted by molar-refractivity contribution is 5.98. The van der Waals surface area contributed by atoms with Gasteiger partial charge >= 0.3 is 6.03 Å². The summed E-state index contributed by atoms with van der Waals surface area (Å²) in [5.74, 6) is 0.729. The molecule has 3 N–H and O–H groups in total. The first-order valence-corrected chi connectivity index (χ1v) is 4.69. The molecule has 0 unspecified atom stereocenters. The zero-order valence-electron chi connectivity index (χ0n) is 8.38. The first kappa shape index (κ1) is 10.2. The van der Waals surface area contributed by atoms with Gasteiger partial charge in [-0.3, -0.25) is 15.0 Å². The van der Waals surface area contributed by atoms with Crippen LogP contribution in [0.2, 0.25) is 0 Å². The summed E-state index contributed by atoms with van der Waals surface area (Å²) in [4.78, 5) is 27.6. The van der Waals surface area contributed by atoms with Crippen molar-refractivity contribution < 1.29 is 9.59 Å². The van der Waals surface area contributed by atoms with Crippen LogP contribution in [0.25, 0.3) is 0 Å². The Morgan fingerprint density at radius 3 is 2.94 bits per heavy atom. The number of rotatable bonds is 2. The van der Waals surface area contributed by atoms with Gasteiger partial charge in [-0.1, -0.05) is 12.1 Å². The number of aromatic nitrogens is 1. The Hall–Kier alpha value is -2.37. The maximum absolute atomic E-state index is 11.4. The second kappa shape index (κ2) is 4.01. The van der Waals surface area contributed by atoms with Crippen molar-refractivity contribution in [3.05, 3.63) is 30.5 Å². The molecule has 0 radical (unpaired) electrons. The van der Waals surface area contributed by atoms with Gasteiger partial charge in [0.2, 0.25) is 5.91 Å². The SMILES string of the molecule is NC(=O)Nc1cccc(N2C=CCC2=O)n1. The molecule has 2 rings (SSSR count). The average molecular weight is 218 g/mol. The number of nitrogens with two attached hydrogens (primary N) is 1. The Morgan fingerprint density at radius 2 is 2.31 bits per heavy atom. The van der Waals surface area contributed by atoms with E-state index >= 15 is 0 Å². The van der Waals surface area contributed by atoms with E-state index in [1.54, 1.807) is 30.5 Å². The largest absolute Gasteiger partial charge is 0.351 e. The van der Waals surface area contributed by atoms with Crippen LogP contribution in [0.4, 0.5) is 16.4 Å². The van der Waals surface area contributed by atoms with Gasteiger partial charge in [-0.25, -0.2) is 9.78 Å². The van der Waals surface area contributed by atoms with Gasteiger partial charge in [0.05, 0.1) is 0 Å². The van der Waals surface area contributed by atoms with Crippen molar-refractivity contribution in [1.29, 1.82) is 0 Å². The number of nitrogens with zero attached hydrogens (tertiary/aromatic N) is 2. The van der Waals surface area contributed by atoms with Crippen molar-refractivity contribution in [3.8, 4) is 0 Å². The molecule has 1 aromatic heterocycles. The number of urea groups is 1. The average Bonchev–Trinajstić information content (AvgIpc) is 2.64. The van der Waals surface area contributed by atoms with E-state index in [-0.39, 0.29) is 5.91 Å². The summed E-state index contributed by atoms with van der Waals surface area (Å²) in [6, 6.07) is 4.28. The van der Waals surface area contributed by atoms with E-state index in [2.05, 4.69) is 10.3 Å². The van der Waals surface area contributed by atoms with Crippen molar-refractivity contribution in [3.63, 3.8) is 0 Å². The zero-order chi connectivity index (χ0) is 11.5. The van der Waals surface area contributed by atoms with Gasteiger partial charge < -0.3 is 5.73 Å². The van der Waals surface area contributed by atoms with E-state index in [0.717, 1.165) is 0 Å². The summed E-state index contributed by atoms with van der Waals surface area (Å²) in [5, 5.41) is 2.35. The Balaban J connectivity index is 2.25. The van der Waals surface area contributed by atoms with Crippen LogP contribution >= 0.6 is 0 Å². The molecule has 6 nitrogen and oxygen atoms in total. The number of nitrogens with one attached hydrogen (secondary N) is 1. The van der Waals surface area contributed by atoms with Crippen LogP contribution in [0.1, 0.15) is 6.42 Å². The molecule has 0 aliphatic carbocycles. The third-order valence-corrected chi connectivity index (χ3v) is 2.05. The lowest BCUT2D eigenvalue weighted by molar-refractivity contribution is -0.116. The predicted molar refractivity (Wildman–Crippen MR) is 58.7 cm³/mol. The quantitative estimate of drug-likeness (QED) is 0.770. The number of carbonyl (C=O) groups excluding carboxylic acids is 2.